The molecule has 1 N–H and O–H groups in total. The fourth-order valence-electron chi connectivity index (χ4n) is 3.68. The zero-order chi connectivity index (χ0) is 20.3. The number of benzene rings is 1. The minimum atomic E-state index is -0.588. The molecule has 1 fully saturated rings. The van der Waals surface area contributed by atoms with Gasteiger partial charge in [-0.1, -0.05) is 12.1 Å². The number of rotatable bonds is 6. The Hall–Kier alpha value is -3.05. The third-order valence-electron chi connectivity index (χ3n) is 5.32. The number of aromatic nitrogens is 2. The Labute approximate surface area is 163 Å². The maximum Gasteiger partial charge on any atom is 0.332 e. The van der Waals surface area contributed by atoms with E-state index in [0.717, 1.165) is 41.8 Å². The largest absolute Gasteiger partial charge is 0.497 e. The summed E-state index contributed by atoms with van der Waals surface area (Å²) in [5.74, 6) is 1.05. The highest BCUT2D eigenvalue weighted by Gasteiger charge is 2.25. The monoisotopic (exact) mass is 383 g/mol. The molecule has 8 nitrogen and oxygen atoms in total. The summed E-state index contributed by atoms with van der Waals surface area (Å²) in [6.07, 6.45) is 2.28. The highest BCUT2D eigenvalue weighted by molar-refractivity contribution is 5.51. The predicted molar refractivity (Wildman–Crippen MR) is 107 cm³/mol. The molecule has 1 aliphatic heterocycles. The molecule has 1 atom stereocenters. The van der Waals surface area contributed by atoms with Crippen molar-refractivity contribution < 1.29 is 4.74 Å². The van der Waals surface area contributed by atoms with Crippen LogP contribution in [-0.2, 0) is 14.1 Å². The molecule has 0 aliphatic carbocycles. The van der Waals surface area contributed by atoms with E-state index >= 15 is 0 Å². The van der Waals surface area contributed by atoms with Gasteiger partial charge in [0.25, 0.3) is 5.56 Å². The van der Waals surface area contributed by atoms with Crippen molar-refractivity contribution in [1.82, 2.24) is 14.0 Å². The summed E-state index contributed by atoms with van der Waals surface area (Å²) in [5, 5.41) is 12.6. The van der Waals surface area contributed by atoms with Crippen LogP contribution in [-0.4, -0.2) is 40.8 Å². The quantitative estimate of drug-likeness (QED) is 0.806. The van der Waals surface area contributed by atoms with E-state index in [-0.39, 0.29) is 17.4 Å². The second kappa shape index (κ2) is 8.31. The molecule has 0 saturated carbocycles. The van der Waals surface area contributed by atoms with Crippen molar-refractivity contribution in [1.29, 1.82) is 5.26 Å². The van der Waals surface area contributed by atoms with Gasteiger partial charge in [-0.25, -0.2) is 4.79 Å². The van der Waals surface area contributed by atoms with Gasteiger partial charge in [-0.15, -0.1) is 0 Å². The molecule has 0 spiro atoms. The summed E-state index contributed by atoms with van der Waals surface area (Å²) in [7, 11) is 4.57. The van der Waals surface area contributed by atoms with Crippen molar-refractivity contribution in [2.45, 2.75) is 18.9 Å². The summed E-state index contributed by atoms with van der Waals surface area (Å²) < 4.78 is 7.51. The Morgan fingerprint density at radius 2 is 1.79 bits per heavy atom. The van der Waals surface area contributed by atoms with E-state index in [1.165, 1.54) is 11.6 Å². The molecule has 2 heterocycles. The summed E-state index contributed by atoms with van der Waals surface area (Å²) >= 11 is 0. The average molecular weight is 383 g/mol. The van der Waals surface area contributed by atoms with Crippen molar-refractivity contribution in [3.63, 3.8) is 0 Å². The first kappa shape index (κ1) is 19.7. The lowest BCUT2D eigenvalue weighted by Crippen LogP contribution is -2.40. The number of nitrogens with zero attached hydrogens (tertiary/aromatic N) is 4. The van der Waals surface area contributed by atoms with Gasteiger partial charge in [-0.05, 0) is 43.6 Å². The lowest BCUT2D eigenvalue weighted by atomic mass is 10.1. The molecule has 148 valence electrons. The summed E-state index contributed by atoms with van der Waals surface area (Å²) in [5.41, 5.74) is 0.00554. The maximum atomic E-state index is 12.3. The van der Waals surface area contributed by atoms with Gasteiger partial charge in [0, 0.05) is 20.6 Å². The van der Waals surface area contributed by atoms with Crippen LogP contribution in [0, 0.1) is 11.3 Å². The molecule has 0 bridgehead atoms. The number of anilines is 1. The molecule has 1 aromatic carbocycles. The molecular weight excluding hydrogens is 358 g/mol. The van der Waals surface area contributed by atoms with Crippen LogP contribution in [0.5, 0.6) is 5.75 Å². The van der Waals surface area contributed by atoms with Gasteiger partial charge in [0.2, 0.25) is 0 Å². The van der Waals surface area contributed by atoms with Gasteiger partial charge in [0.05, 0.1) is 13.2 Å². The first-order chi connectivity index (χ1) is 13.5. The van der Waals surface area contributed by atoms with Gasteiger partial charge < -0.3 is 10.1 Å². The summed E-state index contributed by atoms with van der Waals surface area (Å²) in [6, 6.07) is 9.89. The lowest BCUT2D eigenvalue weighted by Gasteiger charge is -2.29. The Bertz CT molecular complexity index is 995. The van der Waals surface area contributed by atoms with E-state index in [4.69, 9.17) is 4.74 Å². The Kier molecular flexibility index (Phi) is 5.85. The molecule has 1 aromatic heterocycles. The standard InChI is InChI=1S/C20H25N5O3/c1-23-18(16(12-21)19(26)24(2)20(23)27)22-13-17(25-10-4-5-11-25)14-6-8-15(28-3)9-7-14/h6-9,17,22H,4-5,10-11,13H2,1-3H3/t17-/m0/s1. The fourth-order valence-corrected chi connectivity index (χ4v) is 3.68. The minimum absolute atomic E-state index is 0.0547. The van der Waals surface area contributed by atoms with E-state index in [2.05, 4.69) is 10.2 Å². The Morgan fingerprint density at radius 1 is 1.14 bits per heavy atom. The van der Waals surface area contributed by atoms with Crippen LogP contribution >= 0.6 is 0 Å². The minimum Gasteiger partial charge on any atom is -0.497 e. The van der Waals surface area contributed by atoms with Crippen LogP contribution in [0.3, 0.4) is 0 Å². The van der Waals surface area contributed by atoms with Crippen molar-refractivity contribution in [2.24, 2.45) is 14.1 Å². The molecule has 8 heteroatoms. The normalized spacial score (nSPS) is 15.2. The Morgan fingerprint density at radius 3 is 2.36 bits per heavy atom. The van der Waals surface area contributed by atoms with Crippen LogP contribution in [0.4, 0.5) is 5.82 Å². The molecule has 0 radical (unpaired) electrons. The average Bonchev–Trinajstić information content (AvgIpc) is 3.25. The Balaban J connectivity index is 1.93. The number of nitrogens with one attached hydrogen (secondary N) is 1. The van der Waals surface area contributed by atoms with E-state index in [1.54, 1.807) is 14.2 Å². The zero-order valence-electron chi connectivity index (χ0n) is 16.4. The van der Waals surface area contributed by atoms with E-state index < -0.39 is 11.2 Å². The predicted octanol–water partition coefficient (Wildman–Crippen LogP) is 1.21. The van der Waals surface area contributed by atoms with Crippen molar-refractivity contribution >= 4 is 5.82 Å². The first-order valence-corrected chi connectivity index (χ1v) is 9.30. The number of hydrogen-bond donors (Lipinski definition) is 1. The van der Waals surface area contributed by atoms with Gasteiger partial charge in [0.15, 0.2) is 5.56 Å². The SMILES string of the molecule is COc1ccc([C@H](CNc2c(C#N)c(=O)n(C)c(=O)n2C)N2CCCC2)cc1. The van der Waals surface area contributed by atoms with Crippen molar-refractivity contribution in [3.8, 4) is 11.8 Å². The van der Waals surface area contributed by atoms with Crippen LogP contribution in [0.15, 0.2) is 33.9 Å². The number of methoxy groups -OCH3 is 1. The van der Waals surface area contributed by atoms with Gasteiger partial charge in [-0.3, -0.25) is 18.8 Å². The molecule has 3 rings (SSSR count). The maximum absolute atomic E-state index is 12.3. The third-order valence-corrected chi connectivity index (χ3v) is 5.32. The molecule has 2 aromatic rings. The second-order valence-corrected chi connectivity index (χ2v) is 6.95. The van der Waals surface area contributed by atoms with Gasteiger partial charge in [0.1, 0.15) is 17.6 Å². The van der Waals surface area contributed by atoms with Gasteiger partial charge in [-0.2, -0.15) is 5.26 Å². The number of likely N-dealkylation sites (tertiary alicyclic amines) is 1. The first-order valence-electron chi connectivity index (χ1n) is 9.30. The second-order valence-electron chi connectivity index (χ2n) is 6.95. The molecule has 1 saturated heterocycles. The number of nitriles is 1. The lowest BCUT2D eigenvalue weighted by molar-refractivity contribution is 0.255. The summed E-state index contributed by atoms with van der Waals surface area (Å²) in [6.45, 7) is 2.44. The molecule has 0 unspecified atom stereocenters. The van der Waals surface area contributed by atoms with Crippen LogP contribution < -0.4 is 21.3 Å². The van der Waals surface area contributed by atoms with E-state index in [0.29, 0.717) is 6.54 Å². The van der Waals surface area contributed by atoms with Crippen molar-refractivity contribution in [2.75, 3.05) is 32.1 Å². The number of hydrogen-bond acceptors (Lipinski definition) is 6. The number of ether oxygens (including phenoxy) is 1. The van der Waals surface area contributed by atoms with Crippen LogP contribution in [0.2, 0.25) is 0 Å². The van der Waals surface area contributed by atoms with Gasteiger partial charge >= 0.3 is 5.69 Å². The highest BCUT2D eigenvalue weighted by Crippen LogP contribution is 2.27. The molecule has 0 amide bonds. The molecule has 1 aliphatic rings. The van der Waals surface area contributed by atoms with E-state index in [9.17, 15) is 14.9 Å². The zero-order valence-corrected chi connectivity index (χ0v) is 16.4. The molecule has 28 heavy (non-hydrogen) atoms. The smallest absolute Gasteiger partial charge is 0.332 e. The summed E-state index contributed by atoms with van der Waals surface area (Å²) in [4.78, 5) is 26.9. The van der Waals surface area contributed by atoms with E-state index in [1.807, 2.05) is 30.3 Å². The van der Waals surface area contributed by atoms with Crippen LogP contribution in [0.25, 0.3) is 0 Å². The third kappa shape index (κ3) is 3.66. The van der Waals surface area contributed by atoms with Crippen LogP contribution in [0.1, 0.15) is 30.0 Å². The van der Waals surface area contributed by atoms with Crippen molar-refractivity contribution in [3.05, 3.63) is 56.2 Å². The highest BCUT2D eigenvalue weighted by atomic mass is 16.5. The topological polar surface area (TPSA) is 92.3 Å². The molecular formula is C20H25N5O3. The fraction of sp³-hybridized carbons (Fsp3) is 0.450.